The van der Waals surface area contributed by atoms with Gasteiger partial charge in [-0.15, -0.1) is 0 Å². The Morgan fingerprint density at radius 2 is 2.06 bits per heavy atom. The lowest BCUT2D eigenvalue weighted by Gasteiger charge is -2.29. The van der Waals surface area contributed by atoms with E-state index >= 15 is 0 Å². The topological polar surface area (TPSA) is 47.3 Å². The molecular weight excluding hydrogens is 292 g/mol. The second kappa shape index (κ2) is 7.12. The van der Waals surface area contributed by atoms with Gasteiger partial charge in [-0.2, -0.15) is 0 Å². The van der Waals surface area contributed by atoms with Crippen molar-refractivity contribution in [2.45, 2.75) is 19.9 Å². The number of methoxy groups -OCH3 is 1. The van der Waals surface area contributed by atoms with Gasteiger partial charge < -0.3 is 15.8 Å². The van der Waals surface area contributed by atoms with Crippen molar-refractivity contribution in [2.75, 3.05) is 20.7 Å². The lowest BCUT2D eigenvalue weighted by atomic mass is 9.84. The first kappa shape index (κ1) is 15.5. The Morgan fingerprint density at radius 1 is 1.39 bits per heavy atom. The maximum Gasteiger partial charge on any atom is 0.133 e. The Morgan fingerprint density at radius 3 is 2.44 bits per heavy atom. The van der Waals surface area contributed by atoms with E-state index in [2.05, 4.69) is 47.2 Å². The lowest BCUT2D eigenvalue weighted by molar-refractivity contribution is 0.298. The summed E-state index contributed by atoms with van der Waals surface area (Å²) in [5.41, 5.74) is 7.14. The Kier molecular flexibility index (Phi) is 6.12. The van der Waals surface area contributed by atoms with Crippen LogP contribution in [0, 0.1) is 11.8 Å². The number of nitrogens with one attached hydrogen (secondary N) is 1. The number of ether oxygens (including phenoxy) is 1. The van der Waals surface area contributed by atoms with Gasteiger partial charge in [0.2, 0.25) is 0 Å². The molecule has 1 aromatic carbocycles. The average Bonchev–Trinajstić information content (AvgIpc) is 2.35. The predicted octanol–water partition coefficient (Wildman–Crippen LogP) is 2.95. The zero-order valence-electron chi connectivity index (χ0n) is 11.5. The van der Waals surface area contributed by atoms with Crippen LogP contribution in [-0.4, -0.2) is 20.7 Å². The monoisotopic (exact) mass is 314 g/mol. The zero-order chi connectivity index (χ0) is 13.7. The molecule has 102 valence electrons. The van der Waals surface area contributed by atoms with E-state index in [9.17, 15) is 0 Å². The predicted molar refractivity (Wildman–Crippen MR) is 79.9 cm³/mol. The van der Waals surface area contributed by atoms with Gasteiger partial charge in [0.15, 0.2) is 0 Å². The lowest BCUT2D eigenvalue weighted by Crippen LogP contribution is -2.33. The molecule has 0 spiro atoms. The Hall–Kier alpha value is -0.580. The molecule has 0 amide bonds. The number of nitrogens with two attached hydrogens (primary N) is 1. The molecule has 0 heterocycles. The molecule has 3 nitrogen and oxygen atoms in total. The third-order valence-corrected chi connectivity index (χ3v) is 4.02. The second-order valence-corrected chi connectivity index (χ2v) is 5.66. The molecule has 0 saturated heterocycles. The maximum atomic E-state index is 5.91. The van der Waals surface area contributed by atoms with Gasteiger partial charge in [-0.1, -0.05) is 19.9 Å². The summed E-state index contributed by atoms with van der Waals surface area (Å²) in [4.78, 5) is 0. The first-order valence-corrected chi connectivity index (χ1v) is 7.05. The van der Waals surface area contributed by atoms with Crippen molar-refractivity contribution in [3.05, 3.63) is 28.2 Å². The van der Waals surface area contributed by atoms with E-state index < -0.39 is 0 Å². The minimum absolute atomic E-state index is 0.261. The van der Waals surface area contributed by atoms with Gasteiger partial charge in [-0.25, -0.2) is 0 Å². The molecule has 0 radical (unpaired) electrons. The summed E-state index contributed by atoms with van der Waals surface area (Å²) in [6, 6.07) is 6.44. The fourth-order valence-corrected chi connectivity index (χ4v) is 2.86. The van der Waals surface area contributed by atoms with E-state index in [1.54, 1.807) is 7.11 Å². The van der Waals surface area contributed by atoms with Crippen molar-refractivity contribution < 1.29 is 4.74 Å². The molecule has 2 unspecified atom stereocenters. The fraction of sp³-hybridized carbons (Fsp3) is 0.571. The Bertz CT molecular complexity index is 382. The Labute approximate surface area is 118 Å². The first-order valence-electron chi connectivity index (χ1n) is 6.25. The molecule has 0 aliphatic rings. The van der Waals surface area contributed by atoms with Crippen molar-refractivity contribution in [2.24, 2.45) is 17.6 Å². The van der Waals surface area contributed by atoms with Crippen LogP contribution in [0.25, 0.3) is 0 Å². The molecule has 1 rings (SSSR count). The van der Waals surface area contributed by atoms with Crippen molar-refractivity contribution in [1.29, 1.82) is 0 Å². The molecule has 0 bridgehead atoms. The van der Waals surface area contributed by atoms with Crippen LogP contribution in [0.1, 0.15) is 25.5 Å². The summed E-state index contributed by atoms with van der Waals surface area (Å²) >= 11 is 3.53. The SMILES string of the molecule is CNC(c1ccc(OC)c(Br)c1)C(CN)C(C)C. The minimum Gasteiger partial charge on any atom is -0.496 e. The highest BCUT2D eigenvalue weighted by atomic mass is 79.9. The van der Waals surface area contributed by atoms with Crippen LogP contribution in [0.3, 0.4) is 0 Å². The van der Waals surface area contributed by atoms with E-state index in [0.717, 1.165) is 10.2 Å². The average molecular weight is 315 g/mol. The standard InChI is InChI=1S/C14H23BrN2O/c1-9(2)11(8-16)14(17-3)10-5-6-13(18-4)12(15)7-10/h5-7,9,11,14,17H,8,16H2,1-4H3. The van der Waals surface area contributed by atoms with Crippen LogP contribution in [0.5, 0.6) is 5.75 Å². The second-order valence-electron chi connectivity index (χ2n) is 4.80. The normalized spacial score (nSPS) is 14.6. The van der Waals surface area contributed by atoms with Gasteiger partial charge in [0.1, 0.15) is 5.75 Å². The summed E-state index contributed by atoms with van der Waals surface area (Å²) in [6.07, 6.45) is 0. The van der Waals surface area contributed by atoms with Crippen LogP contribution in [0.2, 0.25) is 0 Å². The zero-order valence-corrected chi connectivity index (χ0v) is 13.1. The summed E-state index contributed by atoms with van der Waals surface area (Å²) in [5, 5.41) is 3.37. The van der Waals surface area contributed by atoms with Gasteiger partial charge in [-0.05, 0) is 59.1 Å². The molecule has 4 heteroatoms. The summed E-state index contributed by atoms with van der Waals surface area (Å²) in [7, 11) is 3.65. The van der Waals surface area contributed by atoms with Gasteiger partial charge in [0.25, 0.3) is 0 Å². The molecule has 0 fully saturated rings. The summed E-state index contributed by atoms with van der Waals surface area (Å²) in [5.74, 6) is 1.80. The quantitative estimate of drug-likeness (QED) is 0.848. The molecule has 0 aliphatic heterocycles. The van der Waals surface area contributed by atoms with Crippen LogP contribution in [-0.2, 0) is 0 Å². The van der Waals surface area contributed by atoms with E-state index in [1.807, 2.05) is 13.1 Å². The highest BCUT2D eigenvalue weighted by Gasteiger charge is 2.23. The number of rotatable bonds is 6. The van der Waals surface area contributed by atoms with Crippen molar-refractivity contribution in [3.8, 4) is 5.75 Å². The van der Waals surface area contributed by atoms with Crippen molar-refractivity contribution >= 4 is 15.9 Å². The molecule has 18 heavy (non-hydrogen) atoms. The highest BCUT2D eigenvalue weighted by molar-refractivity contribution is 9.10. The van der Waals surface area contributed by atoms with Crippen LogP contribution in [0.4, 0.5) is 0 Å². The third kappa shape index (κ3) is 3.46. The van der Waals surface area contributed by atoms with Crippen LogP contribution >= 0.6 is 15.9 Å². The van der Waals surface area contributed by atoms with Gasteiger partial charge in [-0.3, -0.25) is 0 Å². The molecule has 0 saturated carbocycles. The molecular formula is C14H23BrN2O. The maximum absolute atomic E-state index is 5.91. The van der Waals surface area contributed by atoms with Gasteiger partial charge in [0.05, 0.1) is 11.6 Å². The molecule has 0 aliphatic carbocycles. The largest absolute Gasteiger partial charge is 0.496 e. The molecule has 3 N–H and O–H groups in total. The summed E-state index contributed by atoms with van der Waals surface area (Å²) in [6.45, 7) is 5.09. The van der Waals surface area contributed by atoms with Crippen LogP contribution in [0.15, 0.2) is 22.7 Å². The van der Waals surface area contributed by atoms with E-state index in [1.165, 1.54) is 5.56 Å². The van der Waals surface area contributed by atoms with Crippen molar-refractivity contribution in [3.63, 3.8) is 0 Å². The number of benzene rings is 1. The number of hydrogen-bond acceptors (Lipinski definition) is 3. The molecule has 1 aromatic rings. The van der Waals surface area contributed by atoms with Crippen LogP contribution < -0.4 is 15.8 Å². The molecule has 0 aromatic heterocycles. The smallest absolute Gasteiger partial charge is 0.133 e. The highest BCUT2D eigenvalue weighted by Crippen LogP contribution is 2.32. The van der Waals surface area contributed by atoms with Gasteiger partial charge >= 0.3 is 0 Å². The minimum atomic E-state index is 0.261. The van der Waals surface area contributed by atoms with E-state index in [4.69, 9.17) is 10.5 Å². The third-order valence-electron chi connectivity index (χ3n) is 3.40. The number of halogens is 1. The van der Waals surface area contributed by atoms with E-state index in [-0.39, 0.29) is 6.04 Å². The van der Waals surface area contributed by atoms with E-state index in [0.29, 0.717) is 18.4 Å². The van der Waals surface area contributed by atoms with Gasteiger partial charge in [0, 0.05) is 6.04 Å². The fourth-order valence-electron chi connectivity index (χ4n) is 2.30. The summed E-state index contributed by atoms with van der Waals surface area (Å²) < 4.78 is 6.23. The molecule has 2 atom stereocenters. The van der Waals surface area contributed by atoms with Crippen molar-refractivity contribution in [1.82, 2.24) is 5.32 Å². The number of hydrogen-bond donors (Lipinski definition) is 2. The Balaban J connectivity index is 3.05. The first-order chi connectivity index (χ1) is 8.54.